The number of rotatable bonds is 3. The molecule has 2 heterocycles. The lowest BCUT2D eigenvalue weighted by molar-refractivity contribution is 0.0980. The summed E-state index contributed by atoms with van der Waals surface area (Å²) in [6, 6.07) is 4.63. The topological polar surface area (TPSA) is 85.9 Å². The Bertz CT molecular complexity index is 567. The van der Waals surface area contributed by atoms with Crippen molar-refractivity contribution in [3.63, 3.8) is 0 Å². The highest BCUT2D eigenvalue weighted by Crippen LogP contribution is 2.12. The largest absolute Gasteiger partial charge is 0.366 e. The van der Waals surface area contributed by atoms with Crippen LogP contribution in [0.25, 0.3) is 0 Å². The van der Waals surface area contributed by atoms with Crippen LogP contribution in [0.15, 0.2) is 43.0 Å². The molecule has 2 rings (SSSR count). The molecule has 0 aliphatic carbocycles. The van der Waals surface area contributed by atoms with Gasteiger partial charge in [0.15, 0.2) is 5.78 Å². The van der Waals surface area contributed by atoms with Gasteiger partial charge in [-0.3, -0.25) is 19.6 Å². The van der Waals surface area contributed by atoms with Gasteiger partial charge in [-0.25, -0.2) is 0 Å². The normalized spacial score (nSPS) is 9.88. The number of carbonyl (C=O) groups excluding carboxylic acids is 2. The highest BCUT2D eigenvalue weighted by Gasteiger charge is 2.16. The first kappa shape index (κ1) is 10.9. The summed E-state index contributed by atoms with van der Waals surface area (Å²) in [6.45, 7) is 0. The van der Waals surface area contributed by atoms with E-state index in [4.69, 9.17) is 5.73 Å². The van der Waals surface area contributed by atoms with Crippen molar-refractivity contribution in [2.45, 2.75) is 0 Å². The third-order valence-electron chi connectivity index (χ3n) is 2.27. The first-order valence-electron chi connectivity index (χ1n) is 4.88. The van der Waals surface area contributed by atoms with Crippen molar-refractivity contribution in [1.29, 1.82) is 0 Å². The van der Waals surface area contributed by atoms with Crippen LogP contribution in [-0.2, 0) is 0 Å². The summed E-state index contributed by atoms with van der Waals surface area (Å²) in [5, 5.41) is 0. The van der Waals surface area contributed by atoms with Gasteiger partial charge in [0.1, 0.15) is 0 Å². The highest BCUT2D eigenvalue weighted by molar-refractivity contribution is 6.14. The summed E-state index contributed by atoms with van der Waals surface area (Å²) in [6.07, 6.45) is 5.76. The second-order valence-corrected chi connectivity index (χ2v) is 3.35. The van der Waals surface area contributed by atoms with E-state index in [1.54, 1.807) is 12.1 Å². The summed E-state index contributed by atoms with van der Waals surface area (Å²) in [7, 11) is 0. The van der Waals surface area contributed by atoms with Crippen LogP contribution >= 0.6 is 0 Å². The zero-order chi connectivity index (χ0) is 12.3. The van der Waals surface area contributed by atoms with Gasteiger partial charge in [-0.15, -0.1) is 0 Å². The maximum atomic E-state index is 12.1. The predicted octanol–water partition coefficient (Wildman–Crippen LogP) is 0.807. The van der Waals surface area contributed by atoms with Crippen LogP contribution in [0.2, 0.25) is 0 Å². The minimum Gasteiger partial charge on any atom is -0.366 e. The first-order chi connectivity index (χ1) is 8.20. The van der Waals surface area contributed by atoms with E-state index >= 15 is 0 Å². The van der Waals surface area contributed by atoms with Crippen molar-refractivity contribution in [3.8, 4) is 0 Å². The minimum absolute atomic E-state index is 0.120. The maximum Gasteiger partial charge on any atom is 0.251 e. The van der Waals surface area contributed by atoms with Gasteiger partial charge in [0.05, 0.1) is 5.56 Å². The number of ketones is 1. The van der Waals surface area contributed by atoms with E-state index in [0.29, 0.717) is 5.56 Å². The van der Waals surface area contributed by atoms with Gasteiger partial charge < -0.3 is 5.73 Å². The number of carbonyl (C=O) groups is 2. The zero-order valence-electron chi connectivity index (χ0n) is 8.83. The number of aromatic nitrogens is 2. The summed E-state index contributed by atoms with van der Waals surface area (Å²) < 4.78 is 0. The molecule has 0 bridgehead atoms. The van der Waals surface area contributed by atoms with E-state index in [1.807, 2.05) is 0 Å². The molecule has 5 nitrogen and oxygen atoms in total. The predicted molar refractivity (Wildman–Crippen MR) is 60.4 cm³/mol. The van der Waals surface area contributed by atoms with Crippen molar-refractivity contribution in [2.75, 3.05) is 0 Å². The standard InChI is InChI=1S/C12H9N3O2/c13-12(17)10-7-15-6-3-9(10)11(16)8-1-4-14-5-2-8/h1-7H,(H2,13,17). The summed E-state index contributed by atoms with van der Waals surface area (Å²) >= 11 is 0. The number of pyridine rings is 2. The van der Waals surface area contributed by atoms with Crippen molar-refractivity contribution in [1.82, 2.24) is 9.97 Å². The van der Waals surface area contributed by atoms with Gasteiger partial charge in [-0.05, 0) is 18.2 Å². The smallest absolute Gasteiger partial charge is 0.251 e. The monoisotopic (exact) mass is 227 g/mol. The fraction of sp³-hybridized carbons (Fsp3) is 0. The minimum atomic E-state index is -0.671. The van der Waals surface area contributed by atoms with E-state index in [1.165, 1.54) is 30.9 Å². The molecule has 84 valence electrons. The Kier molecular flexibility index (Phi) is 2.91. The average Bonchev–Trinajstić information content (AvgIpc) is 2.39. The third kappa shape index (κ3) is 2.17. The number of nitrogens with zero attached hydrogens (tertiary/aromatic N) is 2. The Hall–Kier alpha value is -2.56. The molecular weight excluding hydrogens is 218 g/mol. The lowest BCUT2D eigenvalue weighted by Gasteiger charge is -2.04. The second-order valence-electron chi connectivity index (χ2n) is 3.35. The number of nitrogens with two attached hydrogens (primary N) is 1. The van der Waals surface area contributed by atoms with Crippen molar-refractivity contribution < 1.29 is 9.59 Å². The van der Waals surface area contributed by atoms with Gasteiger partial charge in [0.2, 0.25) is 0 Å². The van der Waals surface area contributed by atoms with E-state index < -0.39 is 5.91 Å². The fourth-order valence-corrected chi connectivity index (χ4v) is 1.45. The molecule has 0 saturated carbocycles. The molecule has 0 radical (unpaired) electrons. The number of primary amides is 1. The molecule has 17 heavy (non-hydrogen) atoms. The molecule has 0 unspecified atom stereocenters. The molecule has 2 N–H and O–H groups in total. The van der Waals surface area contributed by atoms with Gasteiger partial charge >= 0.3 is 0 Å². The SMILES string of the molecule is NC(=O)c1cnccc1C(=O)c1ccncc1. The molecular formula is C12H9N3O2. The van der Waals surface area contributed by atoms with Crippen LogP contribution in [0.4, 0.5) is 0 Å². The van der Waals surface area contributed by atoms with Crippen molar-refractivity contribution in [2.24, 2.45) is 5.73 Å². The quantitative estimate of drug-likeness (QED) is 0.786. The molecule has 0 atom stereocenters. The first-order valence-corrected chi connectivity index (χ1v) is 4.88. The van der Waals surface area contributed by atoms with Crippen LogP contribution in [0.1, 0.15) is 26.3 Å². The van der Waals surface area contributed by atoms with E-state index in [0.717, 1.165) is 0 Å². The number of hydrogen-bond acceptors (Lipinski definition) is 4. The van der Waals surface area contributed by atoms with E-state index in [9.17, 15) is 9.59 Å². The maximum absolute atomic E-state index is 12.1. The van der Waals surface area contributed by atoms with Gasteiger partial charge in [0, 0.05) is 35.9 Å². The van der Waals surface area contributed by atoms with Gasteiger partial charge in [0.25, 0.3) is 5.91 Å². The van der Waals surface area contributed by atoms with Gasteiger partial charge in [-0.1, -0.05) is 0 Å². The van der Waals surface area contributed by atoms with Gasteiger partial charge in [-0.2, -0.15) is 0 Å². The Morgan fingerprint density at radius 2 is 1.59 bits per heavy atom. The summed E-state index contributed by atoms with van der Waals surface area (Å²) in [4.78, 5) is 30.9. The molecule has 0 aliphatic rings. The number of hydrogen-bond donors (Lipinski definition) is 1. The van der Waals surface area contributed by atoms with Crippen LogP contribution in [-0.4, -0.2) is 21.7 Å². The average molecular weight is 227 g/mol. The lowest BCUT2D eigenvalue weighted by Crippen LogP contribution is -2.17. The Morgan fingerprint density at radius 1 is 0.941 bits per heavy atom. The molecule has 2 aromatic heterocycles. The number of amides is 1. The van der Waals surface area contributed by atoms with E-state index in [2.05, 4.69) is 9.97 Å². The molecule has 1 amide bonds. The van der Waals surface area contributed by atoms with Crippen LogP contribution in [0, 0.1) is 0 Å². The third-order valence-corrected chi connectivity index (χ3v) is 2.27. The molecule has 0 saturated heterocycles. The molecule has 0 fully saturated rings. The molecule has 0 aromatic carbocycles. The highest BCUT2D eigenvalue weighted by atomic mass is 16.1. The van der Waals surface area contributed by atoms with E-state index in [-0.39, 0.29) is 16.9 Å². The van der Waals surface area contributed by atoms with Crippen molar-refractivity contribution >= 4 is 11.7 Å². The van der Waals surface area contributed by atoms with Crippen LogP contribution in [0.3, 0.4) is 0 Å². The Labute approximate surface area is 97.3 Å². The Balaban J connectivity index is 2.48. The van der Waals surface area contributed by atoms with Crippen LogP contribution < -0.4 is 5.73 Å². The summed E-state index contributed by atoms with van der Waals surface area (Å²) in [5.41, 5.74) is 6.01. The van der Waals surface area contributed by atoms with Crippen molar-refractivity contribution in [3.05, 3.63) is 59.7 Å². The molecule has 2 aromatic rings. The molecule has 5 heteroatoms. The summed E-state index contributed by atoms with van der Waals surface area (Å²) in [5.74, 6) is -0.945. The Morgan fingerprint density at radius 3 is 2.24 bits per heavy atom. The second kappa shape index (κ2) is 4.52. The van der Waals surface area contributed by atoms with Crippen LogP contribution in [0.5, 0.6) is 0 Å². The fourth-order valence-electron chi connectivity index (χ4n) is 1.45. The molecule has 0 spiro atoms. The zero-order valence-corrected chi connectivity index (χ0v) is 8.83. The molecule has 0 aliphatic heterocycles. The lowest BCUT2D eigenvalue weighted by atomic mass is 10.0.